The van der Waals surface area contributed by atoms with Gasteiger partial charge in [0.2, 0.25) is 5.91 Å². The maximum atomic E-state index is 13.6. The molecule has 0 radical (unpaired) electrons. The van der Waals surface area contributed by atoms with Gasteiger partial charge in [-0.05, 0) is 76.7 Å². The number of phosphoric acid groups is 1. The Balaban J connectivity index is 5.02. The highest BCUT2D eigenvalue weighted by Gasteiger charge is 2.27. The fourth-order valence-corrected chi connectivity index (χ4v) is 10.6. The maximum absolute atomic E-state index is 13.6. The van der Waals surface area contributed by atoms with Crippen molar-refractivity contribution in [1.29, 1.82) is 0 Å². The lowest BCUT2D eigenvalue weighted by atomic mass is 10.0. The molecule has 0 rings (SSSR count). The molecule has 472 valence electrons. The Morgan fingerprint density at radius 2 is 0.790 bits per heavy atom. The van der Waals surface area contributed by atoms with Crippen molar-refractivity contribution in [3.05, 3.63) is 72.9 Å². The van der Waals surface area contributed by atoms with Crippen molar-refractivity contribution >= 4 is 19.7 Å². The summed E-state index contributed by atoms with van der Waals surface area (Å²) in [6.45, 7) is 6.76. The first-order chi connectivity index (χ1) is 39.4. The van der Waals surface area contributed by atoms with Gasteiger partial charge in [0.15, 0.2) is 0 Å². The van der Waals surface area contributed by atoms with Crippen molar-refractivity contribution in [2.45, 2.75) is 328 Å². The highest BCUT2D eigenvalue weighted by atomic mass is 31.2. The van der Waals surface area contributed by atoms with Crippen LogP contribution in [-0.2, 0) is 27.9 Å². The second-order valence-corrected chi connectivity index (χ2v) is 25.7. The number of carbonyl (C=O) groups is 2. The molecular formula is C71H131N2O7P. The predicted molar refractivity (Wildman–Crippen MR) is 348 cm³/mol. The van der Waals surface area contributed by atoms with Gasteiger partial charge in [0, 0.05) is 12.8 Å². The molecule has 0 saturated carbocycles. The first-order valence-electron chi connectivity index (χ1n) is 34.2. The summed E-state index contributed by atoms with van der Waals surface area (Å²) in [7, 11) is 1.19. The lowest BCUT2D eigenvalue weighted by Gasteiger charge is -2.30. The van der Waals surface area contributed by atoms with E-state index in [0.29, 0.717) is 17.4 Å². The Morgan fingerprint density at radius 3 is 1.19 bits per heavy atom. The molecule has 1 N–H and O–H groups in total. The minimum atomic E-state index is -4.70. The van der Waals surface area contributed by atoms with E-state index < -0.39 is 20.0 Å². The van der Waals surface area contributed by atoms with Crippen LogP contribution in [0.2, 0.25) is 0 Å². The SMILES string of the molecule is CC/C=C\C/C=C\C/C=C\C/C=C\C/C=C\CCCCCCCCCCCCCC(=O)NC(COP(=O)([O-])OCC[N+](C)(C)C)C(/C=C\CCCCCCCCCCC)OC(=O)CCCCCCCCCCCCCCCCCCC. The molecule has 0 saturated heterocycles. The van der Waals surface area contributed by atoms with E-state index in [-0.39, 0.29) is 31.5 Å². The van der Waals surface area contributed by atoms with Crippen LogP contribution in [0.25, 0.3) is 0 Å². The van der Waals surface area contributed by atoms with Crippen LogP contribution in [-0.4, -0.2) is 69.4 Å². The third-order valence-corrected chi connectivity index (χ3v) is 16.1. The molecule has 81 heavy (non-hydrogen) atoms. The molecule has 0 aliphatic carbocycles. The molecule has 0 fully saturated rings. The molecule has 10 heteroatoms. The molecule has 0 aliphatic heterocycles. The van der Waals surface area contributed by atoms with Gasteiger partial charge in [0.1, 0.15) is 19.3 Å². The van der Waals surface area contributed by atoms with Crippen molar-refractivity contribution in [3.8, 4) is 0 Å². The van der Waals surface area contributed by atoms with Crippen LogP contribution in [0, 0.1) is 0 Å². The molecule has 9 nitrogen and oxygen atoms in total. The minimum absolute atomic E-state index is 0.0231. The van der Waals surface area contributed by atoms with E-state index in [1.807, 2.05) is 33.3 Å². The molecule has 0 aromatic heterocycles. The average Bonchev–Trinajstić information content (AvgIpc) is 3.43. The number of ether oxygens (including phenoxy) is 1. The Bertz CT molecular complexity index is 1620. The van der Waals surface area contributed by atoms with Crippen LogP contribution < -0.4 is 10.2 Å². The normalized spacial score (nSPS) is 14.0. The van der Waals surface area contributed by atoms with E-state index in [0.717, 1.165) is 96.3 Å². The second kappa shape index (κ2) is 60.6. The van der Waals surface area contributed by atoms with Gasteiger partial charge >= 0.3 is 5.97 Å². The first kappa shape index (κ1) is 78.5. The molecule has 3 unspecified atom stereocenters. The van der Waals surface area contributed by atoms with Crippen LogP contribution >= 0.6 is 7.82 Å². The summed E-state index contributed by atoms with van der Waals surface area (Å²) in [5, 5.41) is 3.04. The second-order valence-electron chi connectivity index (χ2n) is 24.3. The maximum Gasteiger partial charge on any atom is 0.306 e. The monoisotopic (exact) mass is 1150 g/mol. The third kappa shape index (κ3) is 61.8. The van der Waals surface area contributed by atoms with Crippen LogP contribution in [0.4, 0.5) is 0 Å². The minimum Gasteiger partial charge on any atom is -0.756 e. The summed E-state index contributed by atoms with van der Waals surface area (Å²) in [6, 6.07) is -0.890. The van der Waals surface area contributed by atoms with Crippen LogP contribution in [0.3, 0.4) is 0 Å². The van der Waals surface area contributed by atoms with Gasteiger partial charge in [-0.2, -0.15) is 0 Å². The van der Waals surface area contributed by atoms with Crippen LogP contribution in [0.5, 0.6) is 0 Å². The molecule has 0 aromatic rings. The zero-order chi connectivity index (χ0) is 59.3. The van der Waals surface area contributed by atoms with E-state index >= 15 is 0 Å². The number of hydrogen-bond donors (Lipinski definition) is 1. The van der Waals surface area contributed by atoms with Gasteiger partial charge in [-0.25, -0.2) is 0 Å². The highest BCUT2D eigenvalue weighted by molar-refractivity contribution is 7.45. The summed E-state index contributed by atoms with van der Waals surface area (Å²) in [5.74, 6) is -0.534. The van der Waals surface area contributed by atoms with Gasteiger partial charge in [0.25, 0.3) is 7.82 Å². The van der Waals surface area contributed by atoms with Gasteiger partial charge in [0.05, 0.1) is 33.8 Å². The van der Waals surface area contributed by atoms with Gasteiger partial charge in [-0.3, -0.25) is 14.2 Å². The van der Waals surface area contributed by atoms with E-state index in [2.05, 4.69) is 86.8 Å². The quantitative estimate of drug-likeness (QED) is 0.0212. The Morgan fingerprint density at radius 1 is 0.444 bits per heavy atom. The molecule has 1 amide bonds. The topological polar surface area (TPSA) is 114 Å². The van der Waals surface area contributed by atoms with Crippen LogP contribution in [0.15, 0.2) is 72.9 Å². The Kier molecular flexibility index (Phi) is 58.7. The summed E-state index contributed by atoms with van der Waals surface area (Å²) in [5.41, 5.74) is 0. The fraction of sp³-hybridized carbons (Fsp3) is 0.803. The highest BCUT2D eigenvalue weighted by Crippen LogP contribution is 2.38. The number of amides is 1. The standard InChI is InChI=1S/C71H131N2O7P/c1-7-10-13-16-19-22-25-27-29-31-32-33-34-35-36-37-38-39-40-42-43-45-48-51-54-57-60-63-70(74)72-68(67-79-81(76,77)78-66-65-73(4,5)6)69(62-59-56-53-50-47-24-21-18-15-12-9-3)80-71(75)64-61-58-55-52-49-46-44-41-30-28-26-23-20-17-14-11-8-2/h10,13,19,22,27,29,32-33,35-36,59,62,68-69H,7-9,11-12,14-18,20-21,23-26,28,30-31,34,37-58,60-61,63-67H2,1-6H3,(H-,72,74,76,77)/b13-10-,22-19-,29-27-,33-32-,36-35-,62-59-. The number of allylic oxidation sites excluding steroid dienone is 11. The summed E-state index contributed by atoms with van der Waals surface area (Å²) in [6.07, 6.45) is 78.8. The summed E-state index contributed by atoms with van der Waals surface area (Å²) < 4.78 is 30.4. The number of phosphoric ester groups is 1. The molecule has 0 aliphatic rings. The lowest BCUT2D eigenvalue weighted by molar-refractivity contribution is -0.870. The third-order valence-electron chi connectivity index (χ3n) is 15.2. The predicted octanol–water partition coefficient (Wildman–Crippen LogP) is 20.9. The number of hydrogen-bond acceptors (Lipinski definition) is 7. The van der Waals surface area contributed by atoms with Crippen molar-refractivity contribution in [2.75, 3.05) is 40.9 Å². The van der Waals surface area contributed by atoms with Gasteiger partial charge < -0.3 is 28.5 Å². The van der Waals surface area contributed by atoms with Crippen molar-refractivity contribution in [1.82, 2.24) is 5.32 Å². The number of nitrogens with zero attached hydrogens (tertiary/aromatic N) is 1. The number of carbonyl (C=O) groups excluding carboxylic acids is 2. The molecule has 0 spiro atoms. The number of likely N-dealkylation sites (N-methyl/N-ethyl adjacent to an activating group) is 1. The number of nitrogens with one attached hydrogen (secondary N) is 1. The molecule has 0 heterocycles. The van der Waals surface area contributed by atoms with Crippen molar-refractivity contribution in [3.63, 3.8) is 0 Å². The number of unbranched alkanes of at least 4 members (excludes halogenated alkanes) is 36. The smallest absolute Gasteiger partial charge is 0.306 e. The first-order valence-corrected chi connectivity index (χ1v) is 35.7. The molecule has 0 aromatic carbocycles. The lowest BCUT2D eigenvalue weighted by Crippen LogP contribution is -2.47. The largest absolute Gasteiger partial charge is 0.756 e. The summed E-state index contributed by atoms with van der Waals surface area (Å²) in [4.78, 5) is 40.1. The van der Waals surface area contributed by atoms with E-state index in [1.54, 1.807) is 0 Å². The zero-order valence-electron chi connectivity index (χ0n) is 54.0. The number of quaternary nitrogens is 1. The average molecular weight is 1160 g/mol. The molecule has 3 atom stereocenters. The van der Waals surface area contributed by atoms with E-state index in [9.17, 15) is 19.0 Å². The van der Waals surface area contributed by atoms with Crippen molar-refractivity contribution in [2.24, 2.45) is 0 Å². The Hall–Kier alpha value is -2.55. The number of rotatable bonds is 62. The Labute approximate surface area is 502 Å². The number of esters is 1. The molecular weight excluding hydrogens is 1020 g/mol. The zero-order valence-corrected chi connectivity index (χ0v) is 54.9. The van der Waals surface area contributed by atoms with E-state index in [4.69, 9.17) is 13.8 Å². The fourth-order valence-electron chi connectivity index (χ4n) is 9.90. The van der Waals surface area contributed by atoms with Crippen molar-refractivity contribution < 1.29 is 37.3 Å². The molecule has 0 bridgehead atoms. The van der Waals surface area contributed by atoms with E-state index in [1.165, 1.54) is 186 Å². The van der Waals surface area contributed by atoms with Crippen LogP contribution in [0.1, 0.15) is 316 Å². The summed E-state index contributed by atoms with van der Waals surface area (Å²) >= 11 is 0. The van der Waals surface area contributed by atoms with Gasteiger partial charge in [-0.1, -0.05) is 299 Å². The van der Waals surface area contributed by atoms with Gasteiger partial charge in [-0.15, -0.1) is 0 Å².